The van der Waals surface area contributed by atoms with E-state index in [0.29, 0.717) is 0 Å². The molecule has 0 N–H and O–H groups in total. The van der Waals surface area contributed by atoms with Crippen LogP contribution < -0.4 is 0 Å². The second-order valence-corrected chi connectivity index (χ2v) is 17.9. The largest absolute Gasteiger partial charge is 2.00 e. The van der Waals surface area contributed by atoms with Gasteiger partial charge in [0.05, 0.1) is 11.4 Å². The van der Waals surface area contributed by atoms with Crippen molar-refractivity contribution in [3.8, 4) is 33.6 Å². The van der Waals surface area contributed by atoms with Crippen molar-refractivity contribution >= 4 is 0 Å². The maximum atomic E-state index is 5.59. The summed E-state index contributed by atoms with van der Waals surface area (Å²) in [6.07, 6.45) is 2.24. The molecular weight excluding hydrogens is 812 g/mol. The fourth-order valence-electron chi connectivity index (χ4n) is 10.6. The third-order valence-electron chi connectivity index (χ3n) is 12.4. The van der Waals surface area contributed by atoms with E-state index in [1.54, 1.807) is 0 Å². The number of benzene rings is 4. The zero-order valence-corrected chi connectivity index (χ0v) is 33.8. The quantitative estimate of drug-likeness (QED) is 0.165. The molecule has 0 aliphatic heterocycles. The van der Waals surface area contributed by atoms with Crippen LogP contribution in [0, 0.1) is 12.1 Å². The first-order valence-corrected chi connectivity index (χ1v) is 18.5. The van der Waals surface area contributed by atoms with Gasteiger partial charge in [0.15, 0.2) is 0 Å². The van der Waals surface area contributed by atoms with Gasteiger partial charge in [-0.05, 0) is 80.3 Å². The minimum Gasteiger partial charge on any atom is -0.300 e. The Labute approximate surface area is 324 Å². The van der Waals surface area contributed by atoms with E-state index >= 15 is 0 Å². The summed E-state index contributed by atoms with van der Waals surface area (Å²) in [7, 11) is 0. The summed E-state index contributed by atoms with van der Waals surface area (Å²) in [5, 5.41) is 0. The number of hydrogen-bond donors (Lipinski definition) is 0. The second-order valence-electron chi connectivity index (χ2n) is 17.9. The van der Waals surface area contributed by atoms with E-state index in [-0.39, 0.29) is 42.7 Å². The van der Waals surface area contributed by atoms with Crippen molar-refractivity contribution in [2.24, 2.45) is 0 Å². The Hall–Kier alpha value is -4.13. The van der Waals surface area contributed by atoms with E-state index < -0.39 is 5.41 Å². The minimum atomic E-state index is -0.713. The van der Waals surface area contributed by atoms with Crippen LogP contribution in [0.3, 0.4) is 0 Å². The maximum Gasteiger partial charge on any atom is 2.00 e. The number of rotatable bonds is 4. The molecule has 6 aromatic rings. The molecular formula is C49H46N2Pt. The summed E-state index contributed by atoms with van der Waals surface area (Å²) in [6.45, 7) is 18.9. The minimum absolute atomic E-state index is 0. The van der Waals surface area contributed by atoms with Crippen LogP contribution in [-0.2, 0) is 48.1 Å². The Morgan fingerprint density at radius 1 is 0.442 bits per heavy atom. The molecule has 0 spiro atoms. The van der Waals surface area contributed by atoms with Gasteiger partial charge < -0.3 is 0 Å². The average Bonchev–Trinajstić information content (AvgIpc) is 3.59. The molecule has 0 radical (unpaired) electrons. The van der Waals surface area contributed by atoms with Gasteiger partial charge in [-0.3, -0.25) is 9.97 Å². The molecule has 2 nitrogen and oxygen atoms in total. The molecule has 0 bridgehead atoms. The topological polar surface area (TPSA) is 25.8 Å². The van der Waals surface area contributed by atoms with Gasteiger partial charge in [-0.2, -0.15) is 0 Å². The molecule has 52 heavy (non-hydrogen) atoms. The summed E-state index contributed by atoms with van der Waals surface area (Å²) >= 11 is 0. The van der Waals surface area contributed by atoms with Crippen molar-refractivity contribution in [2.75, 3.05) is 0 Å². The number of pyridine rings is 2. The molecule has 2 heterocycles. The van der Waals surface area contributed by atoms with E-state index in [1.807, 2.05) is 0 Å². The number of nitrogens with zero attached hydrogens (tertiary/aromatic N) is 2. The van der Waals surface area contributed by atoms with Crippen molar-refractivity contribution in [3.05, 3.63) is 166 Å². The molecule has 0 saturated heterocycles. The standard InChI is InChI=1S/C49H46N2.Pt/c1-45(2)29-47(5,6)39-27-31(23-25-37(39)45)41-19-13-21-43(50-41)49(35-17-11-9-15-33(35)34-16-10-12-18-36(34)49)44-22-14-20-42(51-44)32-24-26-38-40(28-32)48(7,8)30-46(38,3)4;/h9-22,25-28H,29-30H2,1-8H3;/q-2;+2. The third-order valence-corrected chi connectivity index (χ3v) is 12.4. The van der Waals surface area contributed by atoms with Gasteiger partial charge in [-0.25, -0.2) is 0 Å². The van der Waals surface area contributed by atoms with E-state index in [1.165, 1.54) is 44.5 Å². The summed E-state index contributed by atoms with van der Waals surface area (Å²) in [4.78, 5) is 11.2. The Balaban J connectivity index is 0.00000387. The SMILES string of the molecule is CC1(C)CC(C)(C)c2cc(-c3cccc(C4(c5cccc(-c6[c-]cc7c(c6)C(C)(C)CC7(C)C)n5)c5ccccc5-c5ccccc54)n3)[c-]cc21.[Pt+2]. The van der Waals surface area contributed by atoms with Gasteiger partial charge in [-0.1, -0.05) is 128 Å². The van der Waals surface area contributed by atoms with Crippen LogP contribution in [0.1, 0.15) is 113 Å². The van der Waals surface area contributed by atoms with Gasteiger partial charge in [0.25, 0.3) is 0 Å². The van der Waals surface area contributed by atoms with Crippen LogP contribution in [-0.4, -0.2) is 9.97 Å². The van der Waals surface area contributed by atoms with Crippen LogP contribution in [0.2, 0.25) is 0 Å². The van der Waals surface area contributed by atoms with Crippen LogP contribution in [0.5, 0.6) is 0 Å². The second kappa shape index (κ2) is 11.7. The normalized spacial score (nSPS) is 18.8. The summed E-state index contributed by atoms with van der Waals surface area (Å²) in [6, 6.07) is 47.2. The first-order valence-electron chi connectivity index (χ1n) is 18.5. The Bertz CT molecular complexity index is 2230. The maximum absolute atomic E-state index is 5.59. The van der Waals surface area contributed by atoms with Crippen LogP contribution >= 0.6 is 0 Å². The van der Waals surface area contributed by atoms with Crippen LogP contribution in [0.4, 0.5) is 0 Å². The van der Waals surface area contributed by atoms with Crippen molar-refractivity contribution in [1.82, 2.24) is 9.97 Å². The summed E-state index contributed by atoms with van der Waals surface area (Å²) in [5.74, 6) is 0. The van der Waals surface area contributed by atoms with Crippen LogP contribution in [0.25, 0.3) is 33.6 Å². The number of hydrogen-bond acceptors (Lipinski definition) is 2. The first kappa shape index (κ1) is 34.9. The Morgan fingerprint density at radius 3 is 1.25 bits per heavy atom. The fraction of sp³-hybridized carbons (Fsp3) is 0.306. The first-order chi connectivity index (χ1) is 24.2. The van der Waals surface area contributed by atoms with Crippen molar-refractivity contribution < 1.29 is 21.1 Å². The van der Waals surface area contributed by atoms with Gasteiger partial charge in [0, 0.05) is 0 Å². The molecule has 4 aromatic carbocycles. The molecule has 262 valence electrons. The molecule has 0 amide bonds. The summed E-state index contributed by atoms with van der Waals surface area (Å²) < 4.78 is 0. The molecule has 3 aliphatic carbocycles. The van der Waals surface area contributed by atoms with E-state index in [2.05, 4.69) is 177 Å². The zero-order chi connectivity index (χ0) is 35.6. The summed E-state index contributed by atoms with van der Waals surface area (Å²) in [5.41, 5.74) is 16.1. The molecule has 0 unspecified atom stereocenters. The van der Waals surface area contributed by atoms with Gasteiger partial charge in [0.1, 0.15) is 5.41 Å². The average molecular weight is 858 g/mol. The van der Waals surface area contributed by atoms with Crippen LogP contribution in [0.15, 0.2) is 109 Å². The molecule has 9 rings (SSSR count). The number of fused-ring (bicyclic) bond motifs is 5. The Morgan fingerprint density at radius 2 is 0.827 bits per heavy atom. The van der Waals surface area contributed by atoms with Gasteiger partial charge in [-0.15, -0.1) is 69.8 Å². The monoisotopic (exact) mass is 857 g/mol. The van der Waals surface area contributed by atoms with Crippen molar-refractivity contribution in [3.63, 3.8) is 0 Å². The fourth-order valence-corrected chi connectivity index (χ4v) is 10.6. The molecule has 0 saturated carbocycles. The molecule has 0 fully saturated rings. The zero-order valence-electron chi connectivity index (χ0n) is 31.5. The van der Waals surface area contributed by atoms with Crippen molar-refractivity contribution in [2.45, 2.75) is 95.3 Å². The molecule has 3 aliphatic rings. The Kier molecular flexibility index (Phi) is 7.85. The van der Waals surface area contributed by atoms with E-state index in [4.69, 9.17) is 9.97 Å². The van der Waals surface area contributed by atoms with Gasteiger partial charge in [0.2, 0.25) is 0 Å². The van der Waals surface area contributed by atoms with E-state index in [9.17, 15) is 0 Å². The predicted molar refractivity (Wildman–Crippen MR) is 209 cm³/mol. The molecule has 0 atom stereocenters. The molecule has 2 aromatic heterocycles. The van der Waals surface area contributed by atoms with E-state index in [0.717, 1.165) is 46.7 Å². The molecule has 3 heteroatoms. The van der Waals surface area contributed by atoms with Gasteiger partial charge >= 0.3 is 21.1 Å². The smallest absolute Gasteiger partial charge is 0.300 e. The third kappa shape index (κ3) is 5.00. The number of aromatic nitrogens is 2. The predicted octanol–water partition coefficient (Wildman–Crippen LogP) is 11.7. The van der Waals surface area contributed by atoms with Crippen molar-refractivity contribution in [1.29, 1.82) is 0 Å².